The minimum atomic E-state index is -4.44. The van der Waals surface area contributed by atoms with E-state index in [9.17, 15) is 22.8 Å². The number of nitrogens with two attached hydrogens (primary N) is 1. The fourth-order valence-corrected chi connectivity index (χ4v) is 2.19. The molecular weight excluding hydrogens is 315 g/mol. The van der Waals surface area contributed by atoms with Crippen LogP contribution >= 0.6 is 0 Å². The number of fused-ring (bicyclic) bond motifs is 1. The summed E-state index contributed by atoms with van der Waals surface area (Å²) in [5.41, 5.74) is -1.59. The van der Waals surface area contributed by atoms with Crippen molar-refractivity contribution in [1.82, 2.24) is 19.2 Å². The lowest BCUT2D eigenvalue weighted by Gasteiger charge is -2.08. The maximum atomic E-state index is 12.5. The third kappa shape index (κ3) is 2.58. The molecule has 2 aromatic heterocycles. The van der Waals surface area contributed by atoms with Gasteiger partial charge in [0.05, 0.1) is 12.1 Å². The fourth-order valence-electron chi connectivity index (χ4n) is 2.19. The first-order valence-corrected chi connectivity index (χ1v) is 6.39. The van der Waals surface area contributed by atoms with Crippen molar-refractivity contribution in [2.45, 2.75) is 12.7 Å². The molecule has 0 bridgehead atoms. The van der Waals surface area contributed by atoms with Gasteiger partial charge in [-0.25, -0.2) is 14.5 Å². The monoisotopic (exact) mass is 325 g/mol. The lowest BCUT2D eigenvalue weighted by atomic mass is 10.1. The summed E-state index contributed by atoms with van der Waals surface area (Å²) in [6.07, 6.45) is -3.38. The topological polar surface area (TPSA) is 98.7 Å². The summed E-state index contributed by atoms with van der Waals surface area (Å²) in [6, 6.07) is 4.31. The van der Waals surface area contributed by atoms with E-state index in [1.807, 2.05) is 0 Å². The second kappa shape index (κ2) is 5.00. The van der Waals surface area contributed by atoms with Crippen molar-refractivity contribution in [2.24, 2.45) is 0 Å². The van der Waals surface area contributed by atoms with Crippen LogP contribution in [0.25, 0.3) is 11.2 Å². The van der Waals surface area contributed by atoms with Crippen molar-refractivity contribution in [3.63, 3.8) is 0 Å². The van der Waals surface area contributed by atoms with Gasteiger partial charge in [-0.05, 0) is 17.7 Å². The van der Waals surface area contributed by atoms with Crippen molar-refractivity contribution < 1.29 is 13.2 Å². The second-order valence-electron chi connectivity index (χ2n) is 4.87. The molecule has 0 fully saturated rings. The van der Waals surface area contributed by atoms with Gasteiger partial charge in [-0.15, -0.1) is 0 Å². The van der Waals surface area contributed by atoms with E-state index < -0.39 is 23.0 Å². The van der Waals surface area contributed by atoms with Crippen LogP contribution in [0.4, 0.5) is 13.2 Å². The van der Waals surface area contributed by atoms with Crippen LogP contribution in [0.5, 0.6) is 0 Å². The number of H-pyrrole nitrogens is 1. The van der Waals surface area contributed by atoms with Crippen LogP contribution < -0.4 is 17.1 Å². The summed E-state index contributed by atoms with van der Waals surface area (Å²) in [4.78, 5) is 30.2. The number of hydrogen-bond donors (Lipinski definition) is 2. The Labute approximate surface area is 125 Å². The Morgan fingerprint density at radius 1 is 1.17 bits per heavy atom. The highest BCUT2D eigenvalue weighted by molar-refractivity contribution is 5.69. The Balaban J connectivity index is 2.05. The molecule has 1 aromatic carbocycles. The van der Waals surface area contributed by atoms with Gasteiger partial charge in [0, 0.05) is 0 Å². The molecule has 23 heavy (non-hydrogen) atoms. The highest BCUT2D eigenvalue weighted by atomic mass is 19.4. The summed E-state index contributed by atoms with van der Waals surface area (Å²) >= 11 is 0. The molecular formula is C13H10F3N5O2. The average molecular weight is 325 g/mol. The summed E-state index contributed by atoms with van der Waals surface area (Å²) in [6.45, 7) is -0.0854. The first-order chi connectivity index (χ1) is 10.8. The Bertz CT molecular complexity index is 982. The molecule has 3 N–H and O–H groups in total. The molecule has 0 amide bonds. The van der Waals surface area contributed by atoms with Crippen LogP contribution in [0.3, 0.4) is 0 Å². The molecule has 3 aromatic rings. The maximum Gasteiger partial charge on any atom is 0.416 e. The lowest BCUT2D eigenvalue weighted by molar-refractivity contribution is -0.137. The highest BCUT2D eigenvalue weighted by Crippen LogP contribution is 2.29. The van der Waals surface area contributed by atoms with Gasteiger partial charge in [-0.3, -0.25) is 14.3 Å². The van der Waals surface area contributed by atoms with Crippen molar-refractivity contribution in [1.29, 1.82) is 0 Å². The van der Waals surface area contributed by atoms with E-state index in [1.165, 1.54) is 12.1 Å². The zero-order valence-corrected chi connectivity index (χ0v) is 11.5. The molecule has 3 rings (SSSR count). The van der Waals surface area contributed by atoms with E-state index in [0.29, 0.717) is 5.56 Å². The second-order valence-corrected chi connectivity index (χ2v) is 4.87. The van der Waals surface area contributed by atoms with E-state index in [1.54, 1.807) is 0 Å². The summed E-state index contributed by atoms with van der Waals surface area (Å²) in [5.74, 6) is 5.41. The van der Waals surface area contributed by atoms with Crippen LogP contribution in [0, 0.1) is 0 Å². The molecule has 120 valence electrons. The third-order valence-corrected chi connectivity index (χ3v) is 3.33. The van der Waals surface area contributed by atoms with Crippen LogP contribution in [-0.2, 0) is 12.7 Å². The highest BCUT2D eigenvalue weighted by Gasteiger charge is 2.29. The molecule has 0 aliphatic rings. The first-order valence-electron chi connectivity index (χ1n) is 6.39. The van der Waals surface area contributed by atoms with Crippen molar-refractivity contribution in [3.05, 3.63) is 62.6 Å². The first kappa shape index (κ1) is 14.9. The number of imidazole rings is 1. The molecule has 0 aliphatic heterocycles. The van der Waals surface area contributed by atoms with E-state index in [-0.39, 0.29) is 17.7 Å². The van der Waals surface area contributed by atoms with Crippen LogP contribution in [0.2, 0.25) is 0 Å². The number of alkyl halides is 3. The molecule has 0 aliphatic carbocycles. The quantitative estimate of drug-likeness (QED) is 0.677. The smallest absolute Gasteiger partial charge is 0.335 e. The number of nitrogens with one attached hydrogen (secondary N) is 1. The van der Waals surface area contributed by atoms with Gasteiger partial charge in [-0.2, -0.15) is 13.2 Å². The molecule has 0 unspecified atom stereocenters. The fraction of sp³-hybridized carbons (Fsp3) is 0.154. The third-order valence-electron chi connectivity index (χ3n) is 3.33. The molecule has 0 atom stereocenters. The zero-order chi connectivity index (χ0) is 16.8. The molecule has 7 nitrogen and oxygen atoms in total. The Morgan fingerprint density at radius 2 is 1.83 bits per heavy atom. The number of rotatable bonds is 2. The average Bonchev–Trinajstić information content (AvgIpc) is 2.80. The number of aromatic amines is 1. The van der Waals surface area contributed by atoms with Gasteiger partial charge in [0.15, 0.2) is 11.2 Å². The molecule has 0 saturated carbocycles. The standard InChI is InChI=1S/C13H10F3N5O2/c14-13(15,16)8-3-1-7(2-4-8)5-20-9-10(19-12(20)23)18-6-21(17)11(9)22/h1-4,6H,5,17H2,(H,19,23). The molecule has 0 spiro atoms. The van der Waals surface area contributed by atoms with Crippen LogP contribution in [0.15, 0.2) is 40.2 Å². The van der Waals surface area contributed by atoms with E-state index in [0.717, 1.165) is 27.7 Å². The van der Waals surface area contributed by atoms with Gasteiger partial charge < -0.3 is 5.84 Å². The van der Waals surface area contributed by atoms with Crippen LogP contribution in [0.1, 0.15) is 11.1 Å². The Hall–Kier alpha value is -3.04. The molecule has 0 saturated heterocycles. The molecule has 2 heterocycles. The predicted octanol–water partition coefficient (Wildman–Crippen LogP) is 0.667. The summed E-state index contributed by atoms with van der Waals surface area (Å²) in [7, 11) is 0. The maximum absolute atomic E-state index is 12.5. The normalized spacial score (nSPS) is 12.0. The molecule has 10 heteroatoms. The lowest BCUT2D eigenvalue weighted by Crippen LogP contribution is -2.29. The summed E-state index contributed by atoms with van der Waals surface area (Å²) < 4.78 is 39.4. The van der Waals surface area contributed by atoms with Gasteiger partial charge in [0.2, 0.25) is 0 Å². The Kier molecular flexibility index (Phi) is 3.24. The van der Waals surface area contributed by atoms with E-state index >= 15 is 0 Å². The van der Waals surface area contributed by atoms with E-state index in [2.05, 4.69) is 9.97 Å². The van der Waals surface area contributed by atoms with Gasteiger partial charge >= 0.3 is 11.9 Å². The van der Waals surface area contributed by atoms with Gasteiger partial charge in [-0.1, -0.05) is 12.1 Å². The number of benzene rings is 1. The van der Waals surface area contributed by atoms with Gasteiger partial charge in [0.1, 0.15) is 6.33 Å². The largest absolute Gasteiger partial charge is 0.416 e. The van der Waals surface area contributed by atoms with Crippen LogP contribution in [-0.4, -0.2) is 19.2 Å². The van der Waals surface area contributed by atoms with E-state index in [4.69, 9.17) is 5.84 Å². The van der Waals surface area contributed by atoms with Crippen molar-refractivity contribution in [3.8, 4) is 0 Å². The zero-order valence-electron chi connectivity index (χ0n) is 11.5. The minimum Gasteiger partial charge on any atom is -0.335 e. The number of nitrogens with zero attached hydrogens (tertiary/aromatic N) is 3. The van der Waals surface area contributed by atoms with Gasteiger partial charge in [0.25, 0.3) is 5.56 Å². The summed E-state index contributed by atoms with van der Waals surface area (Å²) in [5, 5.41) is 0. The SMILES string of the molecule is Nn1cnc2[nH]c(=O)n(Cc3ccc(C(F)(F)F)cc3)c2c1=O. The number of halogens is 3. The number of aromatic nitrogens is 4. The number of nitrogen functional groups attached to an aromatic ring is 1. The van der Waals surface area contributed by atoms with Crippen molar-refractivity contribution >= 4 is 11.2 Å². The minimum absolute atomic E-state index is 0.0418. The van der Waals surface area contributed by atoms with Crippen molar-refractivity contribution in [2.75, 3.05) is 5.84 Å². The number of hydrogen-bond acceptors (Lipinski definition) is 4. The Morgan fingerprint density at radius 3 is 2.43 bits per heavy atom. The molecule has 0 radical (unpaired) electrons. The predicted molar refractivity (Wildman–Crippen MR) is 75.3 cm³/mol.